The van der Waals surface area contributed by atoms with Gasteiger partial charge in [-0.3, -0.25) is 0 Å². The zero-order chi connectivity index (χ0) is 13.4. The van der Waals surface area contributed by atoms with Crippen LogP contribution in [-0.4, -0.2) is 0 Å². The summed E-state index contributed by atoms with van der Waals surface area (Å²) in [5.41, 5.74) is 3.12. The van der Waals surface area contributed by atoms with Gasteiger partial charge in [0.1, 0.15) is 0 Å². The van der Waals surface area contributed by atoms with Gasteiger partial charge in [0.2, 0.25) is 0 Å². The topological polar surface area (TPSA) is 0 Å². The highest BCUT2D eigenvalue weighted by Crippen LogP contribution is 2.22. The Labute approximate surface area is 90.8 Å². The predicted octanol–water partition coefficient (Wildman–Crippen LogP) is 3.97. The first-order valence-electron chi connectivity index (χ1n) is 6.57. The van der Waals surface area contributed by atoms with Gasteiger partial charge in [0.15, 0.2) is 0 Å². The first-order chi connectivity index (χ1) is 8.43. The van der Waals surface area contributed by atoms with Crippen molar-refractivity contribution >= 4 is 0 Å². The average Bonchev–Trinajstić information content (AvgIpc) is 2.36. The van der Waals surface area contributed by atoms with Crippen molar-refractivity contribution in [3.05, 3.63) is 59.6 Å². The molecule has 0 spiro atoms. The fraction of sp³-hybridized carbons (Fsp3) is 0.143. The highest BCUT2D eigenvalue weighted by molar-refractivity contribution is 5.67. The van der Waals surface area contributed by atoms with Gasteiger partial charge in [-0.15, -0.1) is 0 Å². The molecule has 0 aromatic heterocycles. The molecule has 0 amide bonds. The Morgan fingerprint density at radius 3 is 2.29 bits per heavy atom. The van der Waals surface area contributed by atoms with E-state index in [9.17, 15) is 0 Å². The fourth-order valence-corrected chi connectivity index (χ4v) is 1.38. The summed E-state index contributed by atoms with van der Waals surface area (Å²) in [6.45, 7) is 3.71. The second kappa shape index (κ2) is 3.67. The van der Waals surface area contributed by atoms with Crippen molar-refractivity contribution in [2.45, 2.75) is 13.8 Å². The van der Waals surface area contributed by atoms with Crippen LogP contribution in [0.1, 0.15) is 16.6 Å². The summed E-state index contributed by atoms with van der Waals surface area (Å²) in [6.07, 6.45) is 0. The standard InChI is InChI=1S/C14H14/c1-11-7-9-13(10-8-11)14-6-4-3-5-12(14)2/h3-10H,1-2H3/i3D,4D,5D,6D. The van der Waals surface area contributed by atoms with Gasteiger partial charge in [0, 0.05) is 0 Å². The van der Waals surface area contributed by atoms with Crippen LogP contribution in [0.5, 0.6) is 0 Å². The molecule has 0 fully saturated rings. The molecule has 70 valence electrons. The number of benzene rings is 2. The normalized spacial score (nSPS) is 14.1. The lowest BCUT2D eigenvalue weighted by molar-refractivity contribution is 1.43. The third-order valence-electron chi connectivity index (χ3n) is 2.22. The van der Waals surface area contributed by atoms with Gasteiger partial charge in [0.05, 0.1) is 5.48 Å². The maximum atomic E-state index is 7.97. The molecule has 0 atom stereocenters. The highest BCUT2D eigenvalue weighted by atomic mass is 14.0. The van der Waals surface area contributed by atoms with Gasteiger partial charge in [0.25, 0.3) is 0 Å². The summed E-state index contributed by atoms with van der Waals surface area (Å²) in [7, 11) is 0. The van der Waals surface area contributed by atoms with Crippen molar-refractivity contribution in [3.63, 3.8) is 0 Å². The molecule has 0 aliphatic heterocycles. The largest absolute Gasteiger partial charge is 0.0629 e. The Morgan fingerprint density at radius 1 is 0.929 bits per heavy atom. The molecular formula is C14H14. The lowest BCUT2D eigenvalue weighted by Gasteiger charge is -2.05. The minimum Gasteiger partial charge on any atom is -0.0620 e. The Balaban J connectivity index is 2.75. The van der Waals surface area contributed by atoms with Gasteiger partial charge in [-0.1, -0.05) is 54.0 Å². The third kappa shape index (κ3) is 1.69. The SMILES string of the molecule is [2H]c1c([2H])c([2H])c(-c2ccc(C)cc2)c(C)c1[2H]. The Morgan fingerprint density at radius 2 is 1.57 bits per heavy atom. The van der Waals surface area contributed by atoms with E-state index in [4.69, 9.17) is 5.48 Å². The number of hydrogen-bond acceptors (Lipinski definition) is 0. The molecule has 0 N–H and O–H groups in total. The molecule has 0 unspecified atom stereocenters. The van der Waals surface area contributed by atoms with Gasteiger partial charge < -0.3 is 0 Å². The van der Waals surface area contributed by atoms with E-state index in [2.05, 4.69) is 0 Å². The van der Waals surface area contributed by atoms with Crippen LogP contribution in [-0.2, 0) is 0 Å². The second-order valence-electron chi connectivity index (χ2n) is 3.37. The molecule has 0 saturated carbocycles. The molecule has 0 saturated heterocycles. The molecule has 14 heavy (non-hydrogen) atoms. The number of rotatable bonds is 1. The second-order valence-corrected chi connectivity index (χ2v) is 3.37. The summed E-state index contributed by atoms with van der Waals surface area (Å²) >= 11 is 0. The molecule has 2 aromatic carbocycles. The summed E-state index contributed by atoms with van der Waals surface area (Å²) in [5, 5.41) is 0. The maximum absolute atomic E-state index is 7.97. The summed E-state index contributed by atoms with van der Waals surface area (Å²) in [5.74, 6) is 0. The zero-order valence-corrected chi connectivity index (χ0v) is 8.31. The average molecular weight is 186 g/mol. The molecule has 2 aromatic rings. The van der Waals surface area contributed by atoms with Crippen LogP contribution >= 0.6 is 0 Å². The van der Waals surface area contributed by atoms with Crippen LogP contribution in [0.4, 0.5) is 0 Å². The molecule has 0 aliphatic carbocycles. The van der Waals surface area contributed by atoms with Crippen LogP contribution in [0.15, 0.2) is 48.4 Å². The first-order valence-corrected chi connectivity index (χ1v) is 4.57. The van der Waals surface area contributed by atoms with E-state index in [1.807, 2.05) is 31.2 Å². The van der Waals surface area contributed by atoms with Crippen LogP contribution in [0, 0.1) is 13.8 Å². The van der Waals surface area contributed by atoms with E-state index in [0.29, 0.717) is 11.1 Å². The van der Waals surface area contributed by atoms with E-state index < -0.39 is 0 Å². The monoisotopic (exact) mass is 186 g/mol. The summed E-state index contributed by atoms with van der Waals surface area (Å²) in [6, 6.07) is 7.36. The number of aryl methyl sites for hydroxylation is 1. The van der Waals surface area contributed by atoms with Gasteiger partial charge in [-0.05, 0) is 30.5 Å². The van der Waals surface area contributed by atoms with Crippen molar-refractivity contribution in [1.29, 1.82) is 0 Å². The van der Waals surface area contributed by atoms with E-state index in [-0.39, 0.29) is 24.2 Å². The van der Waals surface area contributed by atoms with E-state index in [1.54, 1.807) is 6.92 Å². The van der Waals surface area contributed by atoms with E-state index >= 15 is 0 Å². The Kier molecular flexibility index (Phi) is 1.40. The summed E-state index contributed by atoms with van der Waals surface area (Å²) < 4.78 is 31.1. The van der Waals surface area contributed by atoms with E-state index in [1.165, 1.54) is 0 Å². The predicted molar refractivity (Wildman–Crippen MR) is 61.4 cm³/mol. The molecule has 0 nitrogen and oxygen atoms in total. The van der Waals surface area contributed by atoms with Gasteiger partial charge >= 0.3 is 0 Å². The molecule has 0 aliphatic rings. The van der Waals surface area contributed by atoms with Crippen molar-refractivity contribution in [2.24, 2.45) is 0 Å². The van der Waals surface area contributed by atoms with Crippen molar-refractivity contribution in [2.75, 3.05) is 0 Å². The number of hydrogen-bond donors (Lipinski definition) is 0. The third-order valence-corrected chi connectivity index (χ3v) is 2.22. The van der Waals surface area contributed by atoms with Crippen molar-refractivity contribution in [3.8, 4) is 11.1 Å². The van der Waals surface area contributed by atoms with Crippen LogP contribution < -0.4 is 0 Å². The molecule has 0 radical (unpaired) electrons. The smallest absolute Gasteiger partial charge is 0.0620 e. The Bertz CT molecular complexity index is 571. The molecular weight excluding hydrogens is 168 g/mol. The maximum Gasteiger partial charge on any atom is 0.0629 e. The zero-order valence-electron chi connectivity index (χ0n) is 12.3. The fourth-order valence-electron chi connectivity index (χ4n) is 1.38. The van der Waals surface area contributed by atoms with Crippen LogP contribution in [0.2, 0.25) is 0 Å². The first kappa shape index (κ1) is 5.35. The minimum atomic E-state index is -0.179. The lowest BCUT2D eigenvalue weighted by Crippen LogP contribution is -1.82. The molecule has 0 heterocycles. The Hall–Kier alpha value is -1.56. The molecule has 0 heteroatoms. The van der Waals surface area contributed by atoms with Crippen LogP contribution in [0.3, 0.4) is 0 Å². The van der Waals surface area contributed by atoms with E-state index in [0.717, 1.165) is 11.1 Å². The van der Waals surface area contributed by atoms with Gasteiger partial charge in [-0.2, -0.15) is 0 Å². The van der Waals surface area contributed by atoms with Gasteiger partial charge in [-0.25, -0.2) is 0 Å². The highest BCUT2D eigenvalue weighted by Gasteiger charge is 1.98. The molecule has 2 rings (SSSR count). The van der Waals surface area contributed by atoms with Crippen molar-refractivity contribution in [1.82, 2.24) is 0 Å². The lowest BCUT2D eigenvalue weighted by atomic mass is 10.00. The minimum absolute atomic E-state index is 0.0253. The van der Waals surface area contributed by atoms with Crippen LogP contribution in [0.25, 0.3) is 11.1 Å². The van der Waals surface area contributed by atoms with Crippen molar-refractivity contribution < 1.29 is 5.48 Å². The quantitative estimate of drug-likeness (QED) is 0.632. The molecule has 0 bridgehead atoms. The summed E-state index contributed by atoms with van der Waals surface area (Å²) in [4.78, 5) is 0.